The summed E-state index contributed by atoms with van der Waals surface area (Å²) in [6, 6.07) is 21.8. The Morgan fingerprint density at radius 1 is 0.582 bits per heavy atom. The number of aryl methyl sites for hydroxylation is 1. The quantitative estimate of drug-likeness (QED) is 0.0579. The fraction of sp³-hybridized carbons (Fsp3) is 0.196. The summed E-state index contributed by atoms with van der Waals surface area (Å²) in [4.78, 5) is 36.8. The van der Waals surface area contributed by atoms with E-state index in [1.807, 2.05) is 27.7 Å². The van der Waals surface area contributed by atoms with Gasteiger partial charge >= 0.3 is 12.1 Å². The number of carbonyl (C=O) groups is 3. The van der Waals surface area contributed by atoms with Crippen LogP contribution in [0.15, 0.2) is 91.0 Å². The molecule has 0 radical (unpaired) electrons. The average molecular weight is 992 g/mol. The zero-order valence-corrected chi connectivity index (χ0v) is 38.3. The van der Waals surface area contributed by atoms with Crippen LogP contribution in [0.25, 0.3) is 5.69 Å². The number of hydrogen-bond acceptors (Lipinski definition) is 5. The van der Waals surface area contributed by atoms with Crippen molar-refractivity contribution in [2.75, 3.05) is 0 Å². The number of amides is 2. The average Bonchev–Trinajstić information content (AvgIpc) is 3.61. The first kappa shape index (κ1) is 58.5. The molecule has 0 atom stereocenters. The van der Waals surface area contributed by atoms with Crippen molar-refractivity contribution in [1.29, 1.82) is 0 Å². The molecule has 0 saturated heterocycles. The molecule has 0 bridgehead atoms. The molecule has 8 nitrogen and oxygen atoms in total. The van der Waals surface area contributed by atoms with Crippen LogP contribution < -0.4 is 15.4 Å². The molecule has 0 saturated carbocycles. The van der Waals surface area contributed by atoms with Gasteiger partial charge in [-0.25, -0.2) is 22.4 Å². The van der Waals surface area contributed by atoms with Crippen molar-refractivity contribution in [3.8, 4) is 17.2 Å². The second-order valence-corrected chi connectivity index (χ2v) is 12.8. The van der Waals surface area contributed by atoms with Crippen LogP contribution in [-0.2, 0) is 19.3 Å². The van der Waals surface area contributed by atoms with Crippen molar-refractivity contribution in [3.05, 3.63) is 182 Å². The first-order valence-corrected chi connectivity index (χ1v) is 19.4. The van der Waals surface area contributed by atoms with E-state index in [0.717, 1.165) is 24.3 Å². The number of alkyl halides is 3. The molecule has 0 unspecified atom stereocenters. The van der Waals surface area contributed by atoms with E-state index in [2.05, 4.69) is 15.4 Å². The summed E-state index contributed by atoms with van der Waals surface area (Å²) >= 11 is 0. The Kier molecular flexibility index (Phi) is 22.7. The fourth-order valence-corrected chi connectivity index (χ4v) is 5.77. The highest BCUT2D eigenvalue weighted by Gasteiger charge is 2.34. The Morgan fingerprint density at radius 2 is 0.955 bits per heavy atom. The van der Waals surface area contributed by atoms with Crippen LogP contribution in [-0.4, -0.2) is 27.5 Å². The molecule has 21 heteroatoms. The third-order valence-corrected chi connectivity index (χ3v) is 8.81. The van der Waals surface area contributed by atoms with Gasteiger partial charge in [-0.2, -0.15) is 57.7 Å². The van der Waals surface area contributed by atoms with Crippen molar-refractivity contribution in [3.63, 3.8) is 0 Å². The van der Waals surface area contributed by atoms with Crippen molar-refractivity contribution in [2.24, 2.45) is 0 Å². The Labute approximate surface area is 391 Å². The normalized spacial score (nSPS) is 10.3. The van der Waals surface area contributed by atoms with Crippen LogP contribution in [0, 0.1) is 60.4 Å². The lowest BCUT2D eigenvalue weighted by molar-refractivity contribution is -0.137. The third kappa shape index (κ3) is 13.8. The topological polar surface area (TPSA) is 110 Å². The molecule has 6 rings (SSSR count). The van der Waals surface area contributed by atoms with E-state index in [1.54, 1.807) is 60.7 Å². The number of phenolic OH excluding ortho intramolecular Hbond substituents is 1. The summed E-state index contributed by atoms with van der Waals surface area (Å²) in [6.07, 6.45) is -4.56. The molecule has 0 aliphatic heterocycles. The molecule has 0 fully saturated rings. The molecule has 6 aromatic rings. The van der Waals surface area contributed by atoms with Gasteiger partial charge in [0.15, 0.2) is 29.0 Å². The lowest BCUT2D eigenvalue weighted by atomic mass is 10.1. The summed E-state index contributed by atoms with van der Waals surface area (Å²) in [5.41, 5.74) is -2.25. The monoisotopic (exact) mass is 991 g/mol. The molecule has 0 aliphatic carbocycles. The van der Waals surface area contributed by atoms with E-state index in [4.69, 9.17) is 5.11 Å². The van der Waals surface area contributed by atoms with E-state index in [-0.39, 0.29) is 57.0 Å². The molecule has 2 amide bonds. The van der Waals surface area contributed by atoms with Gasteiger partial charge in [0.1, 0.15) is 11.1 Å². The van der Waals surface area contributed by atoms with Gasteiger partial charge in [0.05, 0.1) is 11.1 Å². The second kappa shape index (κ2) is 26.0. The third-order valence-electron chi connectivity index (χ3n) is 8.81. The minimum atomic E-state index is -4.56. The summed E-state index contributed by atoms with van der Waals surface area (Å²) in [5, 5.41) is 13.1. The van der Waals surface area contributed by atoms with Gasteiger partial charge in [-0.05, 0) is 55.3 Å². The molecule has 1 heterocycles. The number of benzene rings is 5. The number of ether oxygens (including phenoxy) is 1. The summed E-state index contributed by atoms with van der Waals surface area (Å²) in [6.45, 7) is 10.6. The number of hydrogen-bond donors (Lipinski definition) is 3. The van der Waals surface area contributed by atoms with Crippen LogP contribution in [0.4, 0.5) is 48.3 Å². The van der Waals surface area contributed by atoms with Gasteiger partial charge in [-0.3, -0.25) is 9.59 Å². The zero-order chi connectivity index (χ0) is 48.9. The Morgan fingerprint density at radius 3 is 1.33 bits per heavy atom. The second-order valence-electron chi connectivity index (χ2n) is 12.8. The van der Waals surface area contributed by atoms with Crippen LogP contribution >= 0.6 is 27.0 Å². The van der Waals surface area contributed by atoms with Crippen LogP contribution in [0.1, 0.15) is 86.8 Å². The fourth-order valence-electron chi connectivity index (χ4n) is 5.77. The molecule has 3 N–H and O–H groups in total. The molecule has 5 aromatic carbocycles. The summed E-state index contributed by atoms with van der Waals surface area (Å²) in [5.74, 6) is -23.9. The lowest BCUT2D eigenvalue weighted by Crippen LogP contribution is -2.26. The first-order chi connectivity index (χ1) is 30.7. The molecular weight excluding hydrogens is 948 g/mol. The molecular formula is C46H44F11N3O5S2. The number of aromatic nitrogens is 1. The number of halogens is 11. The molecule has 0 aliphatic rings. The van der Waals surface area contributed by atoms with Crippen molar-refractivity contribution < 1.29 is 72.5 Å². The highest BCUT2D eigenvalue weighted by Crippen LogP contribution is 2.34. The number of aromatic hydroxyl groups is 1. The number of nitrogens with one attached hydrogen (secondary N) is 2. The van der Waals surface area contributed by atoms with Crippen LogP contribution in [0.5, 0.6) is 11.5 Å². The SMILES string of the molecule is CC.CC.Cc1cc(C(=O)Oc2c(F)c(F)c(C(=O)NCc3ccccc3)c(F)c2F)c(C)n1-c1ccc(C(F)(F)F)cc1.O=C(NCc1ccccc1)c1c(F)c(F)c(O)c(F)c1F.S.S. The van der Waals surface area contributed by atoms with Gasteiger partial charge in [0, 0.05) is 30.2 Å². The maximum atomic E-state index is 14.8. The predicted octanol–water partition coefficient (Wildman–Crippen LogP) is 12.0. The number of esters is 1. The van der Waals surface area contributed by atoms with Gasteiger partial charge in [0.25, 0.3) is 11.8 Å². The van der Waals surface area contributed by atoms with Crippen LogP contribution in [0.2, 0.25) is 0 Å². The molecule has 0 spiro atoms. The Balaban J connectivity index is 0.000000704. The number of phenols is 1. The van der Waals surface area contributed by atoms with Gasteiger partial charge < -0.3 is 25.0 Å². The lowest BCUT2D eigenvalue weighted by Gasteiger charge is -2.13. The van der Waals surface area contributed by atoms with Crippen molar-refractivity contribution in [1.82, 2.24) is 15.2 Å². The van der Waals surface area contributed by atoms with Crippen LogP contribution in [0.3, 0.4) is 0 Å². The van der Waals surface area contributed by atoms with E-state index >= 15 is 0 Å². The molecule has 1 aromatic heterocycles. The largest absolute Gasteiger partial charge is 0.503 e. The Hall–Kier alpha value is -6.48. The van der Waals surface area contributed by atoms with E-state index in [0.29, 0.717) is 16.8 Å². The highest BCUT2D eigenvalue weighted by atomic mass is 32.1. The van der Waals surface area contributed by atoms with E-state index in [9.17, 15) is 62.7 Å². The summed E-state index contributed by atoms with van der Waals surface area (Å²) in [7, 11) is 0. The minimum Gasteiger partial charge on any atom is -0.503 e. The van der Waals surface area contributed by atoms with Gasteiger partial charge in [-0.15, -0.1) is 0 Å². The number of nitrogens with zero attached hydrogens (tertiary/aromatic N) is 1. The molecule has 67 heavy (non-hydrogen) atoms. The van der Waals surface area contributed by atoms with Gasteiger partial charge in [0.2, 0.25) is 29.0 Å². The maximum Gasteiger partial charge on any atom is 0.416 e. The van der Waals surface area contributed by atoms with Gasteiger partial charge in [-0.1, -0.05) is 88.4 Å². The van der Waals surface area contributed by atoms with Crippen molar-refractivity contribution in [2.45, 2.75) is 60.8 Å². The van der Waals surface area contributed by atoms with E-state index < -0.39 is 98.7 Å². The summed E-state index contributed by atoms with van der Waals surface area (Å²) < 4.78 is 157. The van der Waals surface area contributed by atoms with E-state index in [1.165, 1.54) is 24.5 Å². The smallest absolute Gasteiger partial charge is 0.416 e. The number of carbonyl (C=O) groups excluding carboxylic acids is 3. The zero-order valence-electron chi connectivity index (χ0n) is 36.3. The molecule has 362 valence electrons. The Bertz CT molecular complexity index is 2570. The highest BCUT2D eigenvalue weighted by molar-refractivity contribution is 7.59. The standard InChI is InChI=1S/C28H19F7N2O3.C14H9F4NO2.2C2H6.2H2S/c1-14-12-19(15(2)37(14)18-10-8-17(9-11-18)28(33,34)35)27(39)40-25-23(31)21(29)20(22(30)24(25)32)26(38)36-13-16-6-4-3-5-7-16;15-9-8(10(16)12(18)13(20)11(9)17)14(21)19-6-7-4-2-1-3-5-7;2*1-2;;/h3-12H,13H2,1-2H3,(H,36,38);1-5,20H,6H2,(H,19,21);2*1-2H3;2*1H2. The maximum absolute atomic E-state index is 14.8. The number of rotatable bonds is 9. The predicted molar refractivity (Wildman–Crippen MR) is 238 cm³/mol. The van der Waals surface area contributed by atoms with Crippen molar-refractivity contribution >= 4 is 44.8 Å². The minimum absolute atomic E-state index is 0. The first-order valence-electron chi connectivity index (χ1n) is 19.4.